The molecule has 98 valence electrons. The number of nitrogen functional groups attached to an aromatic ring is 1. The van der Waals surface area contributed by atoms with Crippen molar-refractivity contribution in [2.45, 2.75) is 25.8 Å². The van der Waals surface area contributed by atoms with Gasteiger partial charge in [-0.05, 0) is 32.0 Å². The summed E-state index contributed by atoms with van der Waals surface area (Å²) < 4.78 is 0. The van der Waals surface area contributed by atoms with Crippen molar-refractivity contribution in [2.75, 3.05) is 25.4 Å². The average Bonchev–Trinajstić information content (AvgIpc) is 2.84. The maximum Gasteiger partial charge on any atom is 0.255 e. The van der Waals surface area contributed by atoms with E-state index in [-0.39, 0.29) is 5.91 Å². The van der Waals surface area contributed by atoms with Gasteiger partial charge in [0, 0.05) is 30.7 Å². The minimum absolute atomic E-state index is 0.136. The number of carbonyl (C=O) groups excluding carboxylic acids is 1. The molecule has 1 fully saturated rings. The number of carbonyl (C=O) groups is 1. The molecule has 1 aromatic heterocycles. The molecule has 1 amide bonds. The normalized spacial score (nSPS) is 19.9. The lowest BCUT2D eigenvalue weighted by Gasteiger charge is -2.22. The summed E-state index contributed by atoms with van der Waals surface area (Å²) in [7, 11) is 0. The van der Waals surface area contributed by atoms with Gasteiger partial charge in [0.05, 0.1) is 5.56 Å². The van der Waals surface area contributed by atoms with Crippen LogP contribution in [0.4, 0.5) is 5.69 Å². The van der Waals surface area contributed by atoms with Crippen molar-refractivity contribution in [1.29, 1.82) is 0 Å². The van der Waals surface area contributed by atoms with Crippen LogP contribution in [0.3, 0.4) is 0 Å². The van der Waals surface area contributed by atoms with E-state index in [0.717, 1.165) is 19.5 Å². The van der Waals surface area contributed by atoms with Gasteiger partial charge in [-0.2, -0.15) is 0 Å². The Balaban J connectivity index is 1.91. The van der Waals surface area contributed by atoms with Gasteiger partial charge in [0.25, 0.3) is 5.91 Å². The molecule has 1 saturated heterocycles. The minimum atomic E-state index is -0.136. The number of hydrogen-bond acceptors (Lipinski definition) is 4. The van der Waals surface area contributed by atoms with Crippen LogP contribution >= 0.6 is 0 Å². The van der Waals surface area contributed by atoms with Crippen LogP contribution in [0.1, 0.15) is 30.1 Å². The highest BCUT2D eigenvalue weighted by molar-refractivity contribution is 5.98. The number of pyridine rings is 1. The van der Waals surface area contributed by atoms with Crippen LogP contribution in [-0.4, -0.2) is 41.5 Å². The Morgan fingerprint density at radius 1 is 1.67 bits per heavy atom. The van der Waals surface area contributed by atoms with Crippen molar-refractivity contribution in [3.8, 4) is 0 Å². The SMILES string of the molecule is CCN1CCCC1CNC(=O)c1cnccc1N. The summed E-state index contributed by atoms with van der Waals surface area (Å²) in [6.45, 7) is 5.00. The number of nitrogens with one attached hydrogen (secondary N) is 1. The molecule has 0 saturated carbocycles. The third-order valence-electron chi connectivity index (χ3n) is 3.50. The largest absolute Gasteiger partial charge is 0.398 e. The predicted octanol–water partition coefficient (Wildman–Crippen LogP) is 0.878. The molecular weight excluding hydrogens is 228 g/mol. The van der Waals surface area contributed by atoms with Crippen LogP contribution in [0.25, 0.3) is 0 Å². The van der Waals surface area contributed by atoms with Gasteiger partial charge in [-0.15, -0.1) is 0 Å². The third-order valence-corrected chi connectivity index (χ3v) is 3.50. The van der Waals surface area contributed by atoms with Gasteiger partial charge >= 0.3 is 0 Å². The zero-order valence-electron chi connectivity index (χ0n) is 10.7. The molecule has 0 aliphatic carbocycles. The second kappa shape index (κ2) is 5.82. The van der Waals surface area contributed by atoms with Gasteiger partial charge in [-0.3, -0.25) is 14.7 Å². The Hall–Kier alpha value is -1.62. The summed E-state index contributed by atoms with van der Waals surface area (Å²) >= 11 is 0. The number of anilines is 1. The van der Waals surface area contributed by atoms with Crippen LogP contribution in [0.5, 0.6) is 0 Å². The fraction of sp³-hybridized carbons (Fsp3) is 0.538. The Labute approximate surface area is 107 Å². The van der Waals surface area contributed by atoms with Crippen LogP contribution < -0.4 is 11.1 Å². The molecule has 5 heteroatoms. The molecule has 1 aliphatic heterocycles. The second-order valence-electron chi connectivity index (χ2n) is 4.60. The molecule has 1 unspecified atom stereocenters. The first kappa shape index (κ1) is 12.8. The van der Waals surface area contributed by atoms with E-state index in [1.54, 1.807) is 12.3 Å². The van der Waals surface area contributed by atoms with E-state index in [2.05, 4.69) is 22.1 Å². The smallest absolute Gasteiger partial charge is 0.255 e. The molecule has 3 N–H and O–H groups in total. The number of rotatable bonds is 4. The summed E-state index contributed by atoms with van der Waals surface area (Å²) in [6, 6.07) is 2.10. The third kappa shape index (κ3) is 2.79. The first-order valence-electron chi connectivity index (χ1n) is 6.44. The van der Waals surface area contributed by atoms with Crippen molar-refractivity contribution in [3.05, 3.63) is 24.0 Å². The Bertz CT molecular complexity index is 421. The highest BCUT2D eigenvalue weighted by Gasteiger charge is 2.23. The highest BCUT2D eigenvalue weighted by Crippen LogP contribution is 2.16. The molecule has 18 heavy (non-hydrogen) atoms. The summed E-state index contributed by atoms with van der Waals surface area (Å²) in [4.78, 5) is 18.3. The fourth-order valence-corrected chi connectivity index (χ4v) is 2.44. The average molecular weight is 248 g/mol. The van der Waals surface area contributed by atoms with Crippen molar-refractivity contribution in [1.82, 2.24) is 15.2 Å². The molecule has 1 aromatic rings. The van der Waals surface area contributed by atoms with Crippen molar-refractivity contribution in [3.63, 3.8) is 0 Å². The molecule has 0 spiro atoms. The van der Waals surface area contributed by atoms with Gasteiger partial charge in [-0.25, -0.2) is 0 Å². The molecular formula is C13H20N4O. The van der Waals surface area contributed by atoms with Crippen LogP contribution in [-0.2, 0) is 0 Å². The maximum atomic E-state index is 12.0. The Morgan fingerprint density at radius 3 is 3.22 bits per heavy atom. The van der Waals surface area contributed by atoms with Crippen molar-refractivity contribution >= 4 is 11.6 Å². The number of likely N-dealkylation sites (N-methyl/N-ethyl adjacent to an activating group) is 1. The lowest BCUT2D eigenvalue weighted by Crippen LogP contribution is -2.40. The maximum absolute atomic E-state index is 12.0. The van der Waals surface area contributed by atoms with E-state index in [1.807, 2.05) is 0 Å². The van der Waals surface area contributed by atoms with Crippen molar-refractivity contribution < 1.29 is 4.79 Å². The topological polar surface area (TPSA) is 71.2 Å². The van der Waals surface area contributed by atoms with Gasteiger partial charge in [0.2, 0.25) is 0 Å². The first-order valence-corrected chi connectivity index (χ1v) is 6.44. The quantitative estimate of drug-likeness (QED) is 0.829. The van der Waals surface area contributed by atoms with E-state index in [1.165, 1.54) is 12.6 Å². The van der Waals surface area contributed by atoms with Gasteiger partial charge < -0.3 is 11.1 Å². The monoisotopic (exact) mass is 248 g/mol. The molecule has 2 heterocycles. The molecule has 1 aliphatic rings. The van der Waals surface area contributed by atoms with Gasteiger partial charge in [0.1, 0.15) is 0 Å². The van der Waals surface area contributed by atoms with Crippen LogP contribution in [0.2, 0.25) is 0 Å². The van der Waals surface area contributed by atoms with E-state index in [9.17, 15) is 4.79 Å². The molecule has 0 aromatic carbocycles. The molecule has 0 radical (unpaired) electrons. The zero-order valence-corrected chi connectivity index (χ0v) is 10.7. The van der Waals surface area contributed by atoms with Crippen LogP contribution in [0.15, 0.2) is 18.5 Å². The standard InChI is InChI=1S/C13H20N4O/c1-2-17-7-3-4-10(17)8-16-13(18)11-9-15-6-5-12(11)14/h5-6,9-10H,2-4,7-8H2,1H3,(H2,14,15)(H,16,18). The fourth-order valence-electron chi connectivity index (χ4n) is 2.44. The number of hydrogen-bond donors (Lipinski definition) is 2. The number of nitrogens with two attached hydrogens (primary N) is 1. The van der Waals surface area contributed by atoms with E-state index in [4.69, 9.17) is 5.73 Å². The number of amides is 1. The van der Waals surface area contributed by atoms with Crippen molar-refractivity contribution in [2.24, 2.45) is 0 Å². The zero-order chi connectivity index (χ0) is 13.0. The number of nitrogens with zero attached hydrogens (tertiary/aromatic N) is 2. The lowest BCUT2D eigenvalue weighted by molar-refractivity contribution is 0.0942. The molecule has 1 atom stereocenters. The van der Waals surface area contributed by atoms with E-state index in [0.29, 0.717) is 23.8 Å². The minimum Gasteiger partial charge on any atom is -0.398 e. The first-order chi connectivity index (χ1) is 8.72. The number of likely N-dealkylation sites (tertiary alicyclic amines) is 1. The van der Waals surface area contributed by atoms with E-state index < -0.39 is 0 Å². The molecule has 5 nitrogen and oxygen atoms in total. The summed E-state index contributed by atoms with van der Waals surface area (Å²) in [5.41, 5.74) is 6.68. The highest BCUT2D eigenvalue weighted by atomic mass is 16.1. The summed E-state index contributed by atoms with van der Waals surface area (Å²) in [6.07, 6.45) is 5.46. The Morgan fingerprint density at radius 2 is 2.50 bits per heavy atom. The number of aromatic nitrogens is 1. The molecule has 0 bridgehead atoms. The molecule has 2 rings (SSSR count). The summed E-state index contributed by atoms with van der Waals surface area (Å²) in [5, 5.41) is 2.95. The van der Waals surface area contributed by atoms with E-state index >= 15 is 0 Å². The summed E-state index contributed by atoms with van der Waals surface area (Å²) in [5.74, 6) is -0.136. The van der Waals surface area contributed by atoms with Gasteiger partial charge in [0.15, 0.2) is 0 Å². The van der Waals surface area contributed by atoms with Crippen LogP contribution in [0, 0.1) is 0 Å². The predicted molar refractivity (Wildman–Crippen MR) is 71.3 cm³/mol. The Kier molecular flexibility index (Phi) is 4.15. The van der Waals surface area contributed by atoms with Gasteiger partial charge in [-0.1, -0.05) is 6.92 Å². The second-order valence-corrected chi connectivity index (χ2v) is 4.60. The lowest BCUT2D eigenvalue weighted by atomic mass is 10.2.